The number of hydrogen-bond acceptors (Lipinski definition) is 6. The van der Waals surface area contributed by atoms with E-state index < -0.39 is 24.9 Å². The summed E-state index contributed by atoms with van der Waals surface area (Å²) in [6.45, 7) is -1.45. The van der Waals surface area contributed by atoms with Crippen molar-refractivity contribution in [3.05, 3.63) is 5.82 Å². The van der Waals surface area contributed by atoms with Crippen LogP contribution >= 0.6 is 0 Å². The fourth-order valence-electron chi connectivity index (χ4n) is 1.51. The Morgan fingerprint density at radius 1 is 1.48 bits per heavy atom. The Hall–Kier alpha value is -1.75. The van der Waals surface area contributed by atoms with E-state index in [4.69, 9.17) is 9.84 Å². The van der Waals surface area contributed by atoms with Crippen LogP contribution in [0.15, 0.2) is 0 Å². The first-order valence-corrected chi connectivity index (χ1v) is 5.96. The first kappa shape index (κ1) is 17.3. The second kappa shape index (κ2) is 7.88. The van der Waals surface area contributed by atoms with Crippen LogP contribution in [0.3, 0.4) is 0 Å². The lowest BCUT2D eigenvalue weighted by molar-refractivity contribution is -0.173. The predicted molar refractivity (Wildman–Crippen MR) is 61.4 cm³/mol. The molecule has 0 amide bonds. The fraction of sp³-hybridized carbons (Fsp3) is 0.800. The zero-order valence-electron chi connectivity index (χ0n) is 11.2. The number of halogens is 3. The number of ether oxygens (including phenoxy) is 2. The van der Waals surface area contributed by atoms with E-state index in [1.807, 2.05) is 0 Å². The normalized spacial score (nSPS) is 13.3. The fourth-order valence-corrected chi connectivity index (χ4v) is 1.51. The van der Waals surface area contributed by atoms with Gasteiger partial charge in [0.2, 0.25) is 0 Å². The maximum atomic E-state index is 11.9. The largest absolute Gasteiger partial charge is 0.481 e. The highest BCUT2D eigenvalue weighted by Crippen LogP contribution is 2.14. The van der Waals surface area contributed by atoms with Crippen LogP contribution in [-0.2, 0) is 27.2 Å². The molecule has 1 N–H and O–H groups in total. The predicted octanol–water partition coefficient (Wildman–Crippen LogP) is 0.284. The minimum atomic E-state index is -4.38. The van der Waals surface area contributed by atoms with Crippen molar-refractivity contribution in [2.45, 2.75) is 31.7 Å². The van der Waals surface area contributed by atoms with E-state index in [2.05, 4.69) is 20.3 Å². The van der Waals surface area contributed by atoms with Crippen LogP contribution in [0.1, 0.15) is 12.2 Å². The minimum absolute atomic E-state index is 0.0760. The minimum Gasteiger partial charge on any atom is -0.481 e. The molecule has 0 aromatic carbocycles. The van der Waals surface area contributed by atoms with Crippen LogP contribution in [0.5, 0.6) is 0 Å². The summed E-state index contributed by atoms with van der Waals surface area (Å²) in [7, 11) is 1.35. The molecule has 1 aromatic heterocycles. The quantitative estimate of drug-likeness (QED) is 0.654. The van der Waals surface area contributed by atoms with Crippen molar-refractivity contribution in [2.75, 3.05) is 20.3 Å². The molecular formula is C10H15F3N4O4. The van der Waals surface area contributed by atoms with Gasteiger partial charge < -0.3 is 14.6 Å². The number of methoxy groups -OCH3 is 1. The molecule has 0 aliphatic rings. The third-order valence-electron chi connectivity index (χ3n) is 2.45. The summed E-state index contributed by atoms with van der Waals surface area (Å²) in [4.78, 5) is 10.6. The Kier molecular flexibility index (Phi) is 6.49. The molecule has 1 unspecified atom stereocenters. The Labute approximate surface area is 117 Å². The molecule has 120 valence electrons. The summed E-state index contributed by atoms with van der Waals surface area (Å²) >= 11 is 0. The van der Waals surface area contributed by atoms with Crippen LogP contribution in [0, 0.1) is 0 Å². The van der Waals surface area contributed by atoms with Crippen molar-refractivity contribution >= 4 is 5.97 Å². The Bertz CT molecular complexity index is 452. The van der Waals surface area contributed by atoms with Gasteiger partial charge in [-0.15, -0.1) is 5.10 Å². The van der Waals surface area contributed by atoms with Gasteiger partial charge in [0.05, 0.1) is 25.7 Å². The monoisotopic (exact) mass is 312 g/mol. The van der Waals surface area contributed by atoms with Gasteiger partial charge in [0.15, 0.2) is 5.82 Å². The maximum Gasteiger partial charge on any atom is 0.411 e. The molecule has 0 fully saturated rings. The topological polar surface area (TPSA) is 99.4 Å². The van der Waals surface area contributed by atoms with Crippen LogP contribution in [0.4, 0.5) is 13.2 Å². The number of carboxylic acid groups (broad SMARTS) is 1. The van der Waals surface area contributed by atoms with Crippen LogP contribution in [-0.4, -0.2) is 63.9 Å². The first-order valence-electron chi connectivity index (χ1n) is 5.96. The van der Waals surface area contributed by atoms with Crippen molar-refractivity contribution in [3.63, 3.8) is 0 Å². The van der Waals surface area contributed by atoms with Gasteiger partial charge in [-0.1, -0.05) is 0 Å². The summed E-state index contributed by atoms with van der Waals surface area (Å²) < 4.78 is 46.4. The smallest absolute Gasteiger partial charge is 0.411 e. The molecule has 0 spiro atoms. The van der Waals surface area contributed by atoms with Gasteiger partial charge in [0, 0.05) is 13.5 Å². The summed E-state index contributed by atoms with van der Waals surface area (Å²) in [6, 6.07) is 0. The van der Waals surface area contributed by atoms with Crippen molar-refractivity contribution in [1.29, 1.82) is 0 Å². The third kappa shape index (κ3) is 6.99. The van der Waals surface area contributed by atoms with E-state index in [1.165, 1.54) is 11.8 Å². The first-order chi connectivity index (χ1) is 9.81. The molecular weight excluding hydrogens is 297 g/mol. The van der Waals surface area contributed by atoms with Crippen molar-refractivity contribution < 1.29 is 32.5 Å². The zero-order chi connectivity index (χ0) is 15.9. The Morgan fingerprint density at radius 2 is 2.19 bits per heavy atom. The van der Waals surface area contributed by atoms with Gasteiger partial charge in [0.25, 0.3) is 0 Å². The maximum absolute atomic E-state index is 11.9. The molecule has 0 saturated carbocycles. The lowest BCUT2D eigenvalue weighted by Gasteiger charge is -2.13. The number of aromatic nitrogens is 4. The lowest BCUT2D eigenvalue weighted by atomic mass is 10.2. The molecule has 11 heteroatoms. The second-order valence-electron chi connectivity index (χ2n) is 4.15. The Balaban J connectivity index is 2.47. The number of carbonyl (C=O) groups is 1. The number of hydrogen-bond donors (Lipinski definition) is 1. The number of aliphatic carboxylic acids is 1. The van der Waals surface area contributed by atoms with E-state index in [1.54, 1.807) is 0 Å². The average Bonchev–Trinajstić information content (AvgIpc) is 2.79. The summed E-state index contributed by atoms with van der Waals surface area (Å²) in [6.07, 6.45) is -5.18. The molecule has 0 radical (unpaired) electrons. The lowest BCUT2D eigenvalue weighted by Crippen LogP contribution is -2.24. The molecule has 0 aliphatic heterocycles. The molecule has 0 saturated heterocycles. The van der Waals surface area contributed by atoms with Crippen molar-refractivity contribution in [3.8, 4) is 0 Å². The van der Waals surface area contributed by atoms with Crippen LogP contribution < -0.4 is 0 Å². The zero-order valence-corrected chi connectivity index (χ0v) is 11.2. The van der Waals surface area contributed by atoms with Crippen LogP contribution in [0.2, 0.25) is 0 Å². The second-order valence-corrected chi connectivity index (χ2v) is 4.15. The molecule has 1 aromatic rings. The van der Waals surface area contributed by atoms with Crippen molar-refractivity contribution in [2.24, 2.45) is 0 Å². The molecule has 1 heterocycles. The van der Waals surface area contributed by atoms with E-state index in [0.717, 1.165) is 0 Å². The third-order valence-corrected chi connectivity index (χ3v) is 2.45. The van der Waals surface area contributed by atoms with Gasteiger partial charge in [-0.05, 0) is 10.4 Å². The summed E-state index contributed by atoms with van der Waals surface area (Å²) in [5, 5.41) is 19.4. The van der Waals surface area contributed by atoms with E-state index in [-0.39, 0.29) is 26.0 Å². The standard InChI is InChI=1S/C10H15F3N4O4/c1-20-7(4-9(18)19)5-17-8(14-15-16-17)2-3-21-6-10(11,12)13/h7H,2-6H2,1H3,(H,18,19). The molecule has 1 rings (SSSR count). The molecule has 0 bridgehead atoms. The number of alkyl halides is 3. The molecule has 1 atom stereocenters. The number of rotatable bonds is 9. The van der Waals surface area contributed by atoms with E-state index >= 15 is 0 Å². The van der Waals surface area contributed by atoms with Gasteiger partial charge in [-0.2, -0.15) is 13.2 Å². The molecule has 0 aliphatic carbocycles. The van der Waals surface area contributed by atoms with Gasteiger partial charge >= 0.3 is 12.1 Å². The van der Waals surface area contributed by atoms with Gasteiger partial charge in [-0.25, -0.2) is 4.68 Å². The highest BCUT2D eigenvalue weighted by molar-refractivity contribution is 5.67. The Morgan fingerprint density at radius 3 is 2.76 bits per heavy atom. The number of tetrazole rings is 1. The summed E-state index contributed by atoms with van der Waals surface area (Å²) in [5.41, 5.74) is 0. The van der Waals surface area contributed by atoms with Crippen molar-refractivity contribution in [1.82, 2.24) is 20.2 Å². The highest BCUT2D eigenvalue weighted by Gasteiger charge is 2.27. The summed E-state index contributed by atoms with van der Waals surface area (Å²) in [5.74, 6) is -0.741. The highest BCUT2D eigenvalue weighted by atomic mass is 19.4. The molecule has 8 nitrogen and oxygen atoms in total. The van der Waals surface area contributed by atoms with E-state index in [0.29, 0.717) is 5.82 Å². The number of nitrogens with zero attached hydrogens (tertiary/aromatic N) is 4. The average molecular weight is 312 g/mol. The molecule has 21 heavy (non-hydrogen) atoms. The number of carboxylic acids is 1. The van der Waals surface area contributed by atoms with Crippen LogP contribution in [0.25, 0.3) is 0 Å². The van der Waals surface area contributed by atoms with E-state index in [9.17, 15) is 18.0 Å². The SMILES string of the molecule is COC(CC(=O)O)Cn1nnnc1CCOCC(F)(F)F. The van der Waals surface area contributed by atoms with Gasteiger partial charge in [-0.3, -0.25) is 4.79 Å². The van der Waals surface area contributed by atoms with Gasteiger partial charge in [0.1, 0.15) is 6.61 Å².